The fourth-order valence-electron chi connectivity index (χ4n) is 4.20. The Hall–Kier alpha value is -2.85. The van der Waals surface area contributed by atoms with Gasteiger partial charge in [-0.15, -0.1) is 11.5 Å². The molecule has 0 aliphatic heterocycles. The number of ether oxygens (including phenoxy) is 1. The van der Waals surface area contributed by atoms with E-state index in [1.807, 2.05) is 66.7 Å². The molecule has 1 aromatic heterocycles. The van der Waals surface area contributed by atoms with Crippen LogP contribution in [0.1, 0.15) is 82.0 Å². The van der Waals surface area contributed by atoms with Gasteiger partial charge >= 0.3 is 16.5 Å². The van der Waals surface area contributed by atoms with Gasteiger partial charge in [0.15, 0.2) is 0 Å². The zero-order valence-corrected chi connectivity index (χ0v) is 25.0. The molecule has 0 unspecified atom stereocenters. The van der Waals surface area contributed by atoms with Gasteiger partial charge in [-0.05, 0) is 79.0 Å². The van der Waals surface area contributed by atoms with E-state index in [-0.39, 0.29) is 21.9 Å². The number of aryl methyl sites for hydroxylation is 3. The number of rotatable bonds is 3. The first-order valence-electron chi connectivity index (χ1n) is 12.2. The van der Waals surface area contributed by atoms with E-state index in [0.717, 1.165) is 17.1 Å². The average Bonchev–Trinajstić information content (AvgIpc) is 2.77. The largest absolute Gasteiger partial charge is 2.00 e. The van der Waals surface area contributed by atoms with Gasteiger partial charge in [0.2, 0.25) is 0 Å². The van der Waals surface area contributed by atoms with E-state index in [4.69, 9.17) is 9.73 Å². The summed E-state index contributed by atoms with van der Waals surface area (Å²) in [6.07, 6.45) is 1.79. The Morgan fingerprint density at radius 3 is 1.86 bits per heavy atom. The summed E-state index contributed by atoms with van der Waals surface area (Å²) in [5.74, 6) is -0.336. The van der Waals surface area contributed by atoms with Crippen molar-refractivity contribution in [1.29, 1.82) is 0 Å². The van der Waals surface area contributed by atoms with Crippen molar-refractivity contribution in [3.8, 4) is 17.2 Å². The molecule has 0 amide bonds. The maximum absolute atomic E-state index is 12.3. The molecular formula is C31H40N2NiO3. The van der Waals surface area contributed by atoms with Gasteiger partial charge in [-0.1, -0.05) is 65.3 Å². The molecule has 0 fully saturated rings. The van der Waals surface area contributed by atoms with Gasteiger partial charge in [0.1, 0.15) is 5.75 Å². The van der Waals surface area contributed by atoms with Crippen LogP contribution < -0.4 is 14.9 Å². The maximum atomic E-state index is 12.3. The minimum atomic E-state index is -0.438. The predicted molar refractivity (Wildman–Crippen MR) is 146 cm³/mol. The molecule has 0 bridgehead atoms. The van der Waals surface area contributed by atoms with Gasteiger partial charge in [-0.2, -0.15) is 0 Å². The summed E-state index contributed by atoms with van der Waals surface area (Å²) in [6, 6.07) is 11.9. The summed E-state index contributed by atoms with van der Waals surface area (Å²) in [5.41, 5.74) is 6.84. The molecule has 37 heavy (non-hydrogen) atoms. The third-order valence-electron chi connectivity index (χ3n) is 5.93. The molecule has 0 spiro atoms. The minimum Gasteiger partial charge on any atom is -0.873 e. The number of hydrogen-bond acceptors (Lipinski definition) is 5. The maximum Gasteiger partial charge on any atom is 2.00 e. The van der Waals surface area contributed by atoms with Crippen LogP contribution in [0.25, 0.3) is 0 Å². The SMILES string of the molecule is CC(=Nc1c(C)cc(C)cc1C)c1ccccn1.COc1cc(C(C)(C)C)c([O-])c([O-])c1C(C)(C)C.[Ni+2]. The number of methoxy groups -OCH3 is 1. The predicted octanol–water partition coefficient (Wildman–Crippen LogP) is 6.58. The van der Waals surface area contributed by atoms with Crippen molar-refractivity contribution < 1.29 is 31.4 Å². The van der Waals surface area contributed by atoms with Crippen LogP contribution in [0.4, 0.5) is 5.69 Å². The van der Waals surface area contributed by atoms with Crippen LogP contribution in [0.15, 0.2) is 47.6 Å². The van der Waals surface area contributed by atoms with Crippen molar-refractivity contribution in [2.24, 2.45) is 4.99 Å². The summed E-state index contributed by atoms with van der Waals surface area (Å²) in [7, 11) is 1.53. The van der Waals surface area contributed by atoms with Gasteiger partial charge in [-0.25, -0.2) is 0 Å². The molecule has 0 atom stereocenters. The van der Waals surface area contributed by atoms with Crippen molar-refractivity contribution in [3.63, 3.8) is 0 Å². The van der Waals surface area contributed by atoms with Gasteiger partial charge in [0, 0.05) is 6.20 Å². The molecule has 1 heterocycles. The Kier molecular flexibility index (Phi) is 11.0. The van der Waals surface area contributed by atoms with Crippen LogP contribution in [-0.4, -0.2) is 17.8 Å². The molecule has 0 saturated carbocycles. The second-order valence-electron chi connectivity index (χ2n) is 11.3. The second-order valence-corrected chi connectivity index (χ2v) is 11.3. The summed E-state index contributed by atoms with van der Waals surface area (Å²) in [5, 5.41) is 24.5. The molecular weight excluding hydrogens is 507 g/mol. The third-order valence-corrected chi connectivity index (χ3v) is 5.93. The summed E-state index contributed by atoms with van der Waals surface area (Å²) in [4.78, 5) is 9.04. The third kappa shape index (κ3) is 8.07. The molecule has 2 aromatic carbocycles. The first kappa shape index (κ1) is 32.2. The van der Waals surface area contributed by atoms with Crippen LogP contribution in [0, 0.1) is 20.8 Å². The zero-order valence-electron chi connectivity index (χ0n) is 24.0. The van der Waals surface area contributed by atoms with Gasteiger partial charge < -0.3 is 14.9 Å². The van der Waals surface area contributed by atoms with Gasteiger partial charge in [0.05, 0.1) is 24.2 Å². The van der Waals surface area contributed by atoms with E-state index >= 15 is 0 Å². The Balaban J connectivity index is 0.000000360. The Morgan fingerprint density at radius 2 is 1.43 bits per heavy atom. The molecule has 202 valence electrons. The summed E-state index contributed by atoms with van der Waals surface area (Å²) < 4.78 is 5.30. The molecule has 0 aliphatic rings. The molecule has 3 rings (SSSR count). The Labute approximate surface area is 233 Å². The smallest absolute Gasteiger partial charge is 0.873 e. The number of hydrogen-bond donors (Lipinski definition) is 0. The van der Waals surface area contributed by atoms with Crippen LogP contribution in [-0.2, 0) is 27.3 Å². The number of aromatic nitrogens is 1. The fraction of sp³-hybridized carbons (Fsp3) is 0.419. The first-order valence-corrected chi connectivity index (χ1v) is 12.2. The first-order chi connectivity index (χ1) is 16.6. The van der Waals surface area contributed by atoms with Crippen molar-refractivity contribution in [2.45, 2.75) is 80.1 Å². The van der Waals surface area contributed by atoms with E-state index < -0.39 is 16.9 Å². The van der Waals surface area contributed by atoms with E-state index in [0.29, 0.717) is 16.9 Å². The Bertz CT molecular complexity index is 1220. The van der Waals surface area contributed by atoms with Crippen molar-refractivity contribution >= 4 is 11.4 Å². The van der Waals surface area contributed by atoms with E-state index in [2.05, 4.69) is 37.9 Å². The molecule has 6 heteroatoms. The van der Waals surface area contributed by atoms with Crippen LogP contribution in [0.2, 0.25) is 0 Å². The molecule has 0 aliphatic carbocycles. The second kappa shape index (κ2) is 12.6. The monoisotopic (exact) mass is 546 g/mol. The van der Waals surface area contributed by atoms with Crippen LogP contribution >= 0.6 is 0 Å². The minimum absolute atomic E-state index is 0. The van der Waals surface area contributed by atoms with Gasteiger partial charge in [-0.3, -0.25) is 9.98 Å². The van der Waals surface area contributed by atoms with E-state index in [9.17, 15) is 10.2 Å². The zero-order chi connectivity index (χ0) is 27.4. The van der Waals surface area contributed by atoms with Gasteiger partial charge in [0.25, 0.3) is 0 Å². The molecule has 0 N–H and O–H groups in total. The topological polar surface area (TPSA) is 80.6 Å². The molecule has 3 aromatic rings. The molecule has 5 nitrogen and oxygen atoms in total. The van der Waals surface area contributed by atoms with Crippen molar-refractivity contribution in [2.75, 3.05) is 7.11 Å². The van der Waals surface area contributed by atoms with E-state index in [1.165, 1.54) is 23.8 Å². The summed E-state index contributed by atoms with van der Waals surface area (Å²) >= 11 is 0. The fourth-order valence-corrected chi connectivity index (χ4v) is 4.20. The van der Waals surface area contributed by atoms with Crippen molar-refractivity contribution in [1.82, 2.24) is 4.98 Å². The average molecular weight is 547 g/mol. The van der Waals surface area contributed by atoms with Crippen molar-refractivity contribution in [3.05, 3.63) is 76.1 Å². The molecule has 0 saturated heterocycles. The normalized spacial score (nSPS) is 11.8. The quantitative estimate of drug-likeness (QED) is 0.274. The molecule has 0 radical (unpaired) electrons. The standard InChI is InChI=1S/C16H18N2.C15H24O3.Ni/c1-11-9-12(2)16(13(3)10-11)18-14(4)15-7-5-6-8-17-15;1-14(2,3)9-8-10(18-7)11(15(4,5)6)13(17)12(9)16;/h5-10H,1-4H3;8,16-17H,1-7H3;/q;;+2/p-2. The van der Waals surface area contributed by atoms with E-state index in [1.54, 1.807) is 12.3 Å². The van der Waals surface area contributed by atoms with Crippen LogP contribution in [0.5, 0.6) is 17.2 Å². The number of pyridine rings is 1. The summed E-state index contributed by atoms with van der Waals surface area (Å²) in [6.45, 7) is 19.8. The number of nitrogens with zero attached hydrogens (tertiary/aromatic N) is 2. The number of aliphatic imine (C=N–C) groups is 1. The Morgan fingerprint density at radius 1 is 0.865 bits per heavy atom. The number of benzene rings is 2. The van der Waals surface area contributed by atoms with Crippen LogP contribution in [0.3, 0.4) is 0 Å².